The Morgan fingerprint density at radius 2 is 1.62 bits per heavy atom. The molecule has 0 radical (unpaired) electrons. The molecule has 6 nitrogen and oxygen atoms in total. The van der Waals surface area contributed by atoms with Gasteiger partial charge in [-0.25, -0.2) is 17.9 Å². The van der Waals surface area contributed by atoms with Crippen molar-refractivity contribution in [3.8, 4) is 11.1 Å². The van der Waals surface area contributed by atoms with E-state index in [1.54, 1.807) is 18.7 Å². The molecule has 2 atom stereocenters. The van der Waals surface area contributed by atoms with E-state index < -0.39 is 20.9 Å². The van der Waals surface area contributed by atoms with E-state index in [0.717, 1.165) is 16.7 Å². The Morgan fingerprint density at radius 3 is 2.19 bits per heavy atom. The van der Waals surface area contributed by atoms with Crippen molar-refractivity contribution < 1.29 is 17.9 Å². The Balaban J connectivity index is 1.87. The lowest BCUT2D eigenvalue weighted by Crippen LogP contribution is -2.53. The summed E-state index contributed by atoms with van der Waals surface area (Å²) in [6.07, 6.45) is 0.157. The summed E-state index contributed by atoms with van der Waals surface area (Å²) in [4.78, 5) is 14.4. The Labute approximate surface area is 192 Å². The molecule has 2 aromatic rings. The zero-order chi connectivity index (χ0) is 23.5. The van der Waals surface area contributed by atoms with Crippen LogP contribution in [0.25, 0.3) is 11.1 Å². The first-order valence-electron chi connectivity index (χ1n) is 11.1. The maximum atomic E-state index is 12.7. The van der Waals surface area contributed by atoms with E-state index in [1.807, 2.05) is 63.2 Å². The molecule has 7 heteroatoms. The first-order valence-corrected chi connectivity index (χ1v) is 12.7. The Hall–Kier alpha value is -2.38. The quantitative estimate of drug-likeness (QED) is 0.700. The molecular formula is C25H34N2O4S. The molecule has 0 saturated carbocycles. The second-order valence-corrected chi connectivity index (χ2v) is 11.9. The van der Waals surface area contributed by atoms with Crippen LogP contribution in [0.1, 0.15) is 52.5 Å². The molecule has 1 fully saturated rings. The van der Waals surface area contributed by atoms with Gasteiger partial charge in [-0.1, -0.05) is 54.6 Å². The third kappa shape index (κ3) is 6.11. The number of ether oxygens (including phenoxy) is 1. The normalized spacial score (nSPS) is 19.8. The summed E-state index contributed by atoms with van der Waals surface area (Å²) in [6.45, 7) is 9.70. The number of hydrogen-bond acceptors (Lipinski definition) is 4. The van der Waals surface area contributed by atoms with Crippen LogP contribution in [-0.4, -0.2) is 49.4 Å². The number of hydrogen-bond donors (Lipinski definition) is 1. The maximum Gasteiger partial charge on any atom is 0.410 e. The number of carbonyl (C=O) groups is 1. The number of sulfonamides is 1. The predicted octanol–water partition coefficient (Wildman–Crippen LogP) is 4.77. The molecule has 2 unspecified atom stereocenters. The van der Waals surface area contributed by atoms with Crippen LogP contribution in [-0.2, 0) is 14.8 Å². The first kappa shape index (κ1) is 24.3. The van der Waals surface area contributed by atoms with Crippen molar-refractivity contribution in [1.29, 1.82) is 0 Å². The van der Waals surface area contributed by atoms with Crippen LogP contribution in [0.3, 0.4) is 0 Å². The van der Waals surface area contributed by atoms with Gasteiger partial charge in [-0.15, -0.1) is 0 Å². The highest BCUT2D eigenvalue weighted by molar-refractivity contribution is 7.90. The van der Waals surface area contributed by atoms with Gasteiger partial charge in [0.15, 0.2) is 0 Å². The van der Waals surface area contributed by atoms with Gasteiger partial charge >= 0.3 is 6.09 Å². The molecule has 1 N–H and O–H groups in total. The molecule has 0 spiro atoms. The number of amides is 1. The molecule has 3 rings (SSSR count). The van der Waals surface area contributed by atoms with E-state index in [4.69, 9.17) is 4.74 Å². The number of nitrogens with one attached hydrogen (secondary N) is 1. The maximum absolute atomic E-state index is 12.7. The van der Waals surface area contributed by atoms with Gasteiger partial charge in [0.05, 0.1) is 5.25 Å². The number of rotatable bonds is 5. The first-order chi connectivity index (χ1) is 15.0. The number of piperidine rings is 1. The molecule has 0 aliphatic carbocycles. The second-order valence-electron chi connectivity index (χ2n) is 9.63. The van der Waals surface area contributed by atoms with Crippen LogP contribution >= 0.6 is 0 Å². The van der Waals surface area contributed by atoms with E-state index in [1.165, 1.54) is 0 Å². The average Bonchev–Trinajstić information content (AvgIpc) is 2.73. The minimum absolute atomic E-state index is 0.172. The summed E-state index contributed by atoms with van der Waals surface area (Å²) in [5, 5.41) is -0.521. The third-order valence-corrected chi connectivity index (χ3v) is 7.52. The van der Waals surface area contributed by atoms with E-state index >= 15 is 0 Å². The summed E-state index contributed by atoms with van der Waals surface area (Å²) >= 11 is 0. The van der Waals surface area contributed by atoms with Gasteiger partial charge in [0, 0.05) is 25.0 Å². The minimum Gasteiger partial charge on any atom is -0.444 e. The van der Waals surface area contributed by atoms with Gasteiger partial charge < -0.3 is 9.64 Å². The van der Waals surface area contributed by atoms with E-state index in [-0.39, 0.29) is 18.1 Å². The molecule has 1 amide bonds. The topological polar surface area (TPSA) is 75.7 Å². The van der Waals surface area contributed by atoms with Crippen LogP contribution < -0.4 is 4.72 Å². The van der Waals surface area contributed by atoms with Crippen molar-refractivity contribution in [2.45, 2.75) is 63.9 Å². The number of carbonyl (C=O) groups excluding carboxylic acids is 1. The Kier molecular flexibility index (Phi) is 7.30. The van der Waals surface area contributed by atoms with Gasteiger partial charge in [0.25, 0.3) is 0 Å². The fraction of sp³-hybridized carbons (Fsp3) is 0.480. The minimum atomic E-state index is -3.44. The van der Waals surface area contributed by atoms with Gasteiger partial charge in [0.2, 0.25) is 10.0 Å². The molecule has 1 heterocycles. The predicted molar refractivity (Wildman–Crippen MR) is 128 cm³/mol. The zero-order valence-electron chi connectivity index (χ0n) is 19.5. The van der Waals surface area contributed by atoms with Gasteiger partial charge in [-0.2, -0.15) is 0 Å². The van der Waals surface area contributed by atoms with Crippen molar-refractivity contribution in [3.05, 3.63) is 60.2 Å². The smallest absolute Gasteiger partial charge is 0.410 e. The highest BCUT2D eigenvalue weighted by Gasteiger charge is 2.36. The summed E-state index contributed by atoms with van der Waals surface area (Å²) in [5.41, 5.74) is 2.62. The summed E-state index contributed by atoms with van der Waals surface area (Å²) in [5.74, 6) is -0.172. The summed E-state index contributed by atoms with van der Waals surface area (Å²) in [6, 6.07) is 18.0. The largest absolute Gasteiger partial charge is 0.444 e. The molecular weight excluding hydrogens is 424 g/mol. The Morgan fingerprint density at radius 1 is 1.03 bits per heavy atom. The van der Waals surface area contributed by atoms with Crippen molar-refractivity contribution in [2.75, 3.05) is 13.1 Å². The molecule has 1 aliphatic heterocycles. The van der Waals surface area contributed by atoms with Crippen LogP contribution in [0.5, 0.6) is 0 Å². The summed E-state index contributed by atoms with van der Waals surface area (Å²) in [7, 11) is -3.44. The van der Waals surface area contributed by atoms with Crippen LogP contribution in [0.15, 0.2) is 54.6 Å². The van der Waals surface area contributed by atoms with Crippen LogP contribution in [0.2, 0.25) is 0 Å². The number of benzene rings is 2. The van der Waals surface area contributed by atoms with Crippen molar-refractivity contribution in [1.82, 2.24) is 9.62 Å². The summed E-state index contributed by atoms with van der Waals surface area (Å²) < 4.78 is 33.7. The monoisotopic (exact) mass is 458 g/mol. The van der Waals surface area contributed by atoms with Crippen LogP contribution in [0, 0.1) is 0 Å². The lowest BCUT2D eigenvalue weighted by Gasteiger charge is -2.39. The highest BCUT2D eigenvalue weighted by atomic mass is 32.2. The van der Waals surface area contributed by atoms with Gasteiger partial charge in [-0.3, -0.25) is 0 Å². The molecule has 2 aromatic carbocycles. The zero-order valence-corrected chi connectivity index (χ0v) is 20.4. The standard InChI is InChI=1S/C25H34N2O4S/c1-18(2)32(29,30)26-23-15-16-27(24(28)31-25(3,4)5)17-22(23)21-13-11-20(12-14-21)19-9-7-6-8-10-19/h6-14,18,22-23,26H,15-17H2,1-5H3. The Bertz CT molecular complexity index is 1010. The fourth-order valence-corrected chi connectivity index (χ4v) is 4.80. The van der Waals surface area contributed by atoms with Gasteiger partial charge in [0.1, 0.15) is 5.60 Å². The SMILES string of the molecule is CC(C)S(=O)(=O)NC1CCN(C(=O)OC(C)(C)C)CC1c1ccc(-c2ccccc2)cc1. The molecule has 0 aromatic heterocycles. The molecule has 174 valence electrons. The van der Waals surface area contributed by atoms with Crippen molar-refractivity contribution in [3.63, 3.8) is 0 Å². The highest BCUT2D eigenvalue weighted by Crippen LogP contribution is 2.31. The fourth-order valence-electron chi connectivity index (χ4n) is 3.82. The molecule has 1 saturated heterocycles. The van der Waals surface area contributed by atoms with E-state index in [2.05, 4.69) is 16.9 Å². The lowest BCUT2D eigenvalue weighted by molar-refractivity contribution is 0.0182. The van der Waals surface area contributed by atoms with Gasteiger partial charge in [-0.05, 0) is 57.7 Å². The van der Waals surface area contributed by atoms with E-state index in [0.29, 0.717) is 19.5 Å². The molecule has 1 aliphatic rings. The number of nitrogens with zero attached hydrogens (tertiary/aromatic N) is 1. The van der Waals surface area contributed by atoms with Crippen molar-refractivity contribution in [2.24, 2.45) is 0 Å². The number of likely N-dealkylation sites (tertiary alicyclic amines) is 1. The molecule has 0 bridgehead atoms. The third-order valence-electron chi connectivity index (χ3n) is 5.65. The van der Waals surface area contributed by atoms with E-state index in [9.17, 15) is 13.2 Å². The second kappa shape index (κ2) is 9.63. The van der Waals surface area contributed by atoms with Crippen LogP contribution in [0.4, 0.5) is 4.79 Å². The average molecular weight is 459 g/mol. The van der Waals surface area contributed by atoms with Crippen molar-refractivity contribution >= 4 is 16.1 Å². The lowest BCUT2D eigenvalue weighted by atomic mass is 9.86. The molecule has 32 heavy (non-hydrogen) atoms.